The molecule has 11 heteroatoms. The average molecular weight is 560 g/mol. The summed E-state index contributed by atoms with van der Waals surface area (Å²) in [4.78, 5) is 42.5. The van der Waals surface area contributed by atoms with Crippen molar-refractivity contribution < 1.29 is 23.6 Å². The van der Waals surface area contributed by atoms with Crippen LogP contribution in [0.15, 0.2) is 80.1 Å². The molecule has 0 saturated carbocycles. The number of fused-ring (bicyclic) bond motifs is 1. The molecule has 0 radical (unpaired) electrons. The average Bonchev–Trinajstić information content (AvgIpc) is 3.52. The summed E-state index contributed by atoms with van der Waals surface area (Å²) in [5, 5.41) is 11.1. The third-order valence-corrected chi connectivity index (χ3v) is 7.50. The molecule has 0 aliphatic carbocycles. The van der Waals surface area contributed by atoms with E-state index in [4.69, 9.17) is 13.9 Å². The minimum Gasteiger partial charge on any atom is -0.497 e. The van der Waals surface area contributed by atoms with Crippen molar-refractivity contribution in [2.75, 3.05) is 13.7 Å². The number of nitro benzene ring substituents is 1. The monoisotopic (exact) mass is 559 g/mol. The molecule has 0 fully saturated rings. The molecular weight excluding hydrogens is 534 g/mol. The van der Waals surface area contributed by atoms with Gasteiger partial charge in [-0.05, 0) is 62.2 Å². The summed E-state index contributed by atoms with van der Waals surface area (Å²) in [5.74, 6) is 0.987. The number of esters is 1. The van der Waals surface area contributed by atoms with Crippen LogP contribution in [0.3, 0.4) is 0 Å². The summed E-state index contributed by atoms with van der Waals surface area (Å²) in [5.41, 5.74) is 2.48. The maximum absolute atomic E-state index is 13.8. The number of nitro groups is 1. The van der Waals surface area contributed by atoms with E-state index in [1.807, 2.05) is 6.07 Å². The fourth-order valence-corrected chi connectivity index (χ4v) is 5.69. The summed E-state index contributed by atoms with van der Waals surface area (Å²) in [6, 6.07) is 14.4. The Morgan fingerprint density at radius 1 is 1.20 bits per heavy atom. The number of carbonyl (C=O) groups excluding carboxylic acids is 1. The highest BCUT2D eigenvalue weighted by Gasteiger charge is 2.33. The van der Waals surface area contributed by atoms with Gasteiger partial charge in [-0.1, -0.05) is 23.5 Å². The second-order valence-electron chi connectivity index (χ2n) is 9.04. The summed E-state index contributed by atoms with van der Waals surface area (Å²) in [6.45, 7) is 5.39. The maximum Gasteiger partial charge on any atom is 0.338 e. The van der Waals surface area contributed by atoms with Gasteiger partial charge in [0.1, 0.15) is 17.3 Å². The summed E-state index contributed by atoms with van der Waals surface area (Å²) < 4.78 is 18.6. The lowest BCUT2D eigenvalue weighted by Gasteiger charge is -2.24. The number of non-ortho nitro benzene ring substituents is 1. The molecule has 0 bridgehead atoms. The van der Waals surface area contributed by atoms with E-state index in [9.17, 15) is 19.7 Å². The van der Waals surface area contributed by atoms with E-state index in [0.29, 0.717) is 49.0 Å². The largest absolute Gasteiger partial charge is 0.497 e. The number of thiazole rings is 1. The first kappa shape index (κ1) is 26.8. The van der Waals surface area contributed by atoms with Gasteiger partial charge in [0.2, 0.25) is 0 Å². The van der Waals surface area contributed by atoms with Gasteiger partial charge in [0.15, 0.2) is 4.80 Å². The van der Waals surface area contributed by atoms with E-state index < -0.39 is 16.9 Å². The van der Waals surface area contributed by atoms with Crippen LogP contribution in [-0.2, 0) is 9.53 Å². The van der Waals surface area contributed by atoms with Gasteiger partial charge in [-0.25, -0.2) is 9.79 Å². The zero-order chi connectivity index (χ0) is 28.6. The highest BCUT2D eigenvalue weighted by molar-refractivity contribution is 7.07. The molecule has 4 aromatic rings. The lowest BCUT2D eigenvalue weighted by Crippen LogP contribution is -2.39. The Kier molecular flexibility index (Phi) is 7.22. The van der Waals surface area contributed by atoms with Crippen molar-refractivity contribution in [2.24, 2.45) is 4.99 Å². The minimum absolute atomic E-state index is 0.00258. The van der Waals surface area contributed by atoms with Crippen LogP contribution in [0.2, 0.25) is 0 Å². The standard InChI is InChI=1S/C29H25N3O7S/c1-5-38-28(34)25-17(3)30-29-31(26(25)18-7-6-8-20(14-18)37-4)27(33)24(40-29)15-21-10-12-23(39-21)22-11-9-19(32(35)36)13-16(22)2/h6-15,26H,5H2,1-4H3/b24-15+. The van der Waals surface area contributed by atoms with Gasteiger partial charge in [-0.15, -0.1) is 0 Å². The molecule has 0 amide bonds. The van der Waals surface area contributed by atoms with E-state index in [1.165, 1.54) is 28.0 Å². The Morgan fingerprint density at radius 3 is 2.70 bits per heavy atom. The van der Waals surface area contributed by atoms with Gasteiger partial charge in [-0.3, -0.25) is 19.5 Å². The van der Waals surface area contributed by atoms with Crippen LogP contribution < -0.4 is 19.6 Å². The van der Waals surface area contributed by atoms with Crippen LogP contribution in [0.25, 0.3) is 17.4 Å². The molecule has 0 spiro atoms. The molecule has 2 aromatic carbocycles. The second kappa shape index (κ2) is 10.8. The van der Waals surface area contributed by atoms with Crippen molar-refractivity contribution in [1.82, 2.24) is 4.57 Å². The minimum atomic E-state index is -0.762. The summed E-state index contributed by atoms with van der Waals surface area (Å²) in [7, 11) is 1.55. The van der Waals surface area contributed by atoms with Gasteiger partial charge in [0.25, 0.3) is 11.2 Å². The fraction of sp³-hybridized carbons (Fsp3) is 0.207. The zero-order valence-electron chi connectivity index (χ0n) is 22.2. The number of rotatable bonds is 7. The number of benzene rings is 2. The van der Waals surface area contributed by atoms with Crippen LogP contribution in [0.4, 0.5) is 5.69 Å². The molecule has 3 heterocycles. The SMILES string of the molecule is CCOC(=O)C1=C(C)N=c2s/c(=C/c3ccc(-c4ccc([N+](=O)[O-])cc4C)o3)c(=O)n2C1c1cccc(OC)c1. The molecule has 2 aromatic heterocycles. The van der Waals surface area contributed by atoms with Gasteiger partial charge < -0.3 is 13.9 Å². The number of aromatic nitrogens is 1. The van der Waals surface area contributed by atoms with Crippen molar-refractivity contribution in [1.29, 1.82) is 0 Å². The molecule has 1 aliphatic heterocycles. The number of ether oxygens (including phenoxy) is 2. The predicted molar refractivity (Wildman–Crippen MR) is 149 cm³/mol. The Labute approximate surface area is 232 Å². The number of hydrogen-bond acceptors (Lipinski definition) is 9. The Balaban J connectivity index is 1.62. The van der Waals surface area contributed by atoms with E-state index in [2.05, 4.69) is 4.99 Å². The Bertz CT molecular complexity index is 1860. The highest BCUT2D eigenvalue weighted by Crippen LogP contribution is 2.32. The first-order chi connectivity index (χ1) is 19.2. The molecule has 1 unspecified atom stereocenters. The van der Waals surface area contributed by atoms with E-state index >= 15 is 0 Å². The van der Waals surface area contributed by atoms with E-state index in [-0.39, 0.29) is 23.4 Å². The number of allylic oxidation sites excluding steroid dienone is 1. The van der Waals surface area contributed by atoms with Crippen molar-refractivity contribution in [3.8, 4) is 17.1 Å². The van der Waals surface area contributed by atoms with Crippen molar-refractivity contribution in [3.05, 3.63) is 113 Å². The third-order valence-electron chi connectivity index (χ3n) is 6.51. The number of aryl methyl sites for hydroxylation is 1. The van der Waals surface area contributed by atoms with Crippen molar-refractivity contribution in [2.45, 2.75) is 26.8 Å². The molecule has 0 N–H and O–H groups in total. The third kappa shape index (κ3) is 4.87. The molecular formula is C29H25N3O7S. The maximum atomic E-state index is 13.8. The first-order valence-corrected chi connectivity index (χ1v) is 13.2. The number of hydrogen-bond donors (Lipinski definition) is 0. The number of carbonyl (C=O) groups is 1. The van der Waals surface area contributed by atoms with Gasteiger partial charge >= 0.3 is 5.97 Å². The molecule has 10 nitrogen and oxygen atoms in total. The molecule has 5 rings (SSSR count). The lowest BCUT2D eigenvalue weighted by atomic mass is 9.95. The van der Waals surface area contributed by atoms with E-state index in [0.717, 1.165) is 0 Å². The number of furan rings is 1. The lowest BCUT2D eigenvalue weighted by molar-refractivity contribution is -0.384. The number of nitrogens with zero attached hydrogens (tertiary/aromatic N) is 3. The normalized spacial score (nSPS) is 15.0. The summed E-state index contributed by atoms with van der Waals surface area (Å²) in [6.07, 6.45) is 1.63. The molecule has 40 heavy (non-hydrogen) atoms. The second-order valence-corrected chi connectivity index (χ2v) is 10.0. The Morgan fingerprint density at radius 2 is 2.00 bits per heavy atom. The smallest absolute Gasteiger partial charge is 0.338 e. The van der Waals surface area contributed by atoms with Gasteiger partial charge in [0.05, 0.1) is 40.5 Å². The van der Waals surface area contributed by atoms with Crippen LogP contribution in [-0.4, -0.2) is 29.2 Å². The topological polar surface area (TPSA) is 126 Å². The fourth-order valence-electron chi connectivity index (χ4n) is 4.66. The van der Waals surface area contributed by atoms with E-state index in [1.54, 1.807) is 70.4 Å². The Hall–Kier alpha value is -4.77. The number of methoxy groups -OCH3 is 1. The van der Waals surface area contributed by atoms with Crippen LogP contribution >= 0.6 is 11.3 Å². The predicted octanol–water partition coefficient (Wildman–Crippen LogP) is 4.28. The quantitative estimate of drug-likeness (QED) is 0.188. The molecule has 0 saturated heterocycles. The van der Waals surface area contributed by atoms with Crippen molar-refractivity contribution in [3.63, 3.8) is 0 Å². The van der Waals surface area contributed by atoms with Gasteiger partial charge in [0, 0.05) is 23.8 Å². The van der Waals surface area contributed by atoms with Crippen LogP contribution in [0.5, 0.6) is 5.75 Å². The van der Waals surface area contributed by atoms with Crippen molar-refractivity contribution >= 4 is 29.1 Å². The van der Waals surface area contributed by atoms with Crippen LogP contribution in [0, 0.1) is 17.0 Å². The molecule has 1 aliphatic rings. The van der Waals surface area contributed by atoms with Crippen LogP contribution in [0.1, 0.15) is 36.8 Å². The zero-order valence-corrected chi connectivity index (χ0v) is 23.0. The first-order valence-electron chi connectivity index (χ1n) is 12.4. The highest BCUT2D eigenvalue weighted by atomic mass is 32.1. The summed E-state index contributed by atoms with van der Waals surface area (Å²) >= 11 is 1.19. The van der Waals surface area contributed by atoms with Gasteiger partial charge in [-0.2, -0.15) is 0 Å². The molecule has 1 atom stereocenters. The molecule has 204 valence electrons.